The minimum atomic E-state index is 0. The fourth-order valence-electron chi connectivity index (χ4n) is 3.37. The number of nitrogens with zero attached hydrogens (tertiary/aromatic N) is 6. The van der Waals surface area contributed by atoms with Gasteiger partial charge in [0.15, 0.2) is 5.96 Å². The van der Waals surface area contributed by atoms with Gasteiger partial charge in [0, 0.05) is 32.7 Å². The van der Waals surface area contributed by atoms with Crippen molar-refractivity contribution in [1.29, 1.82) is 0 Å². The molecule has 0 radical (unpaired) electrons. The van der Waals surface area contributed by atoms with E-state index in [2.05, 4.69) is 32.1 Å². The third-order valence-electron chi connectivity index (χ3n) is 4.63. The lowest BCUT2D eigenvalue weighted by molar-refractivity contribution is 0.249. The van der Waals surface area contributed by atoms with Crippen molar-refractivity contribution in [1.82, 2.24) is 29.9 Å². The van der Waals surface area contributed by atoms with Crippen LogP contribution in [0.15, 0.2) is 11.3 Å². The van der Waals surface area contributed by atoms with Crippen LogP contribution in [0, 0.1) is 0 Å². The Hall–Kier alpha value is -0.900. The number of hydrogen-bond donors (Lipinski definition) is 1. The molecule has 1 N–H and O–H groups in total. The fraction of sp³-hybridized carbons (Fsp3) is 0.800. The number of guanidine groups is 1. The molecule has 2 aliphatic rings. The number of halogens is 1. The summed E-state index contributed by atoms with van der Waals surface area (Å²) in [5, 5.41) is 7.52. The predicted octanol–water partition coefficient (Wildman–Crippen LogP) is 1.07. The topological polar surface area (TPSA) is 61.6 Å². The largest absolute Gasteiger partial charge is 0.357 e. The molecule has 1 atom stereocenters. The molecular formula is C15H28IN7. The van der Waals surface area contributed by atoms with E-state index < -0.39 is 0 Å². The Labute approximate surface area is 155 Å². The van der Waals surface area contributed by atoms with Gasteiger partial charge in [0.2, 0.25) is 0 Å². The van der Waals surface area contributed by atoms with Crippen LogP contribution < -0.4 is 5.32 Å². The first-order valence-corrected chi connectivity index (χ1v) is 8.38. The third-order valence-corrected chi connectivity index (χ3v) is 4.63. The van der Waals surface area contributed by atoms with E-state index in [9.17, 15) is 0 Å². The fourth-order valence-corrected chi connectivity index (χ4v) is 3.37. The average Bonchev–Trinajstić information content (AvgIpc) is 3.24. The maximum Gasteiger partial charge on any atom is 0.194 e. The van der Waals surface area contributed by atoms with Gasteiger partial charge < -0.3 is 10.2 Å². The number of rotatable bonds is 4. The van der Waals surface area contributed by atoms with Crippen molar-refractivity contribution in [3.8, 4) is 0 Å². The van der Waals surface area contributed by atoms with Gasteiger partial charge in [-0.1, -0.05) is 0 Å². The maximum atomic E-state index is 4.75. The van der Waals surface area contributed by atoms with E-state index in [1.165, 1.54) is 32.4 Å². The number of hydrogen-bond acceptors (Lipinski definition) is 4. The van der Waals surface area contributed by atoms with Crippen LogP contribution in [0.2, 0.25) is 0 Å². The van der Waals surface area contributed by atoms with Gasteiger partial charge in [-0.3, -0.25) is 9.58 Å². The molecule has 2 aliphatic heterocycles. The van der Waals surface area contributed by atoms with E-state index in [1.54, 1.807) is 11.0 Å². The van der Waals surface area contributed by atoms with Gasteiger partial charge in [-0.15, -0.1) is 24.0 Å². The van der Waals surface area contributed by atoms with Crippen molar-refractivity contribution >= 4 is 29.9 Å². The van der Waals surface area contributed by atoms with E-state index >= 15 is 0 Å². The van der Waals surface area contributed by atoms with E-state index in [0.29, 0.717) is 12.6 Å². The molecular weight excluding hydrogens is 405 g/mol. The van der Waals surface area contributed by atoms with Crippen LogP contribution in [0.4, 0.5) is 0 Å². The highest BCUT2D eigenvalue weighted by Crippen LogP contribution is 2.20. The van der Waals surface area contributed by atoms with Crippen LogP contribution in [0.3, 0.4) is 0 Å². The van der Waals surface area contributed by atoms with Gasteiger partial charge in [0.25, 0.3) is 0 Å². The molecule has 23 heavy (non-hydrogen) atoms. The summed E-state index contributed by atoms with van der Waals surface area (Å²) in [7, 11) is 1.91. The Kier molecular flexibility index (Phi) is 7.07. The molecule has 7 nitrogen and oxygen atoms in total. The summed E-state index contributed by atoms with van der Waals surface area (Å²) in [6.07, 6.45) is 5.54. The van der Waals surface area contributed by atoms with Crippen LogP contribution >= 0.6 is 24.0 Å². The van der Waals surface area contributed by atoms with Crippen LogP contribution in [0.1, 0.15) is 32.0 Å². The Balaban J connectivity index is 0.00000192. The zero-order valence-electron chi connectivity index (χ0n) is 14.1. The molecule has 0 saturated carbocycles. The summed E-state index contributed by atoms with van der Waals surface area (Å²) in [5.74, 6) is 1.90. The number of aromatic nitrogens is 3. The van der Waals surface area contributed by atoms with Crippen molar-refractivity contribution < 1.29 is 0 Å². The van der Waals surface area contributed by atoms with Crippen molar-refractivity contribution in [2.24, 2.45) is 12.0 Å². The molecule has 3 heterocycles. The zero-order chi connectivity index (χ0) is 15.4. The lowest BCUT2D eigenvalue weighted by atomic mass is 10.2. The molecule has 0 spiro atoms. The summed E-state index contributed by atoms with van der Waals surface area (Å²) in [5.41, 5.74) is 0. The summed E-state index contributed by atoms with van der Waals surface area (Å²) >= 11 is 0. The first-order valence-electron chi connectivity index (χ1n) is 8.38. The molecule has 130 valence electrons. The van der Waals surface area contributed by atoms with E-state index in [1.807, 2.05) is 7.05 Å². The number of nitrogens with one attached hydrogen (secondary N) is 1. The Morgan fingerprint density at radius 3 is 2.78 bits per heavy atom. The van der Waals surface area contributed by atoms with Crippen LogP contribution in [0.25, 0.3) is 0 Å². The Morgan fingerprint density at radius 2 is 2.13 bits per heavy atom. The lowest BCUT2D eigenvalue weighted by Crippen LogP contribution is -2.42. The van der Waals surface area contributed by atoms with E-state index in [-0.39, 0.29) is 24.0 Å². The summed E-state index contributed by atoms with van der Waals surface area (Å²) in [4.78, 5) is 14.0. The van der Waals surface area contributed by atoms with Gasteiger partial charge in [-0.2, -0.15) is 5.10 Å². The van der Waals surface area contributed by atoms with Crippen molar-refractivity contribution in [3.63, 3.8) is 0 Å². The lowest BCUT2D eigenvalue weighted by Gasteiger charge is -2.25. The summed E-state index contributed by atoms with van der Waals surface area (Å²) < 4.78 is 1.78. The van der Waals surface area contributed by atoms with Gasteiger partial charge in [0.1, 0.15) is 18.7 Å². The van der Waals surface area contributed by atoms with Crippen LogP contribution in [-0.2, 0) is 13.6 Å². The first kappa shape index (κ1) is 18.4. The average molecular weight is 433 g/mol. The molecule has 0 bridgehead atoms. The second kappa shape index (κ2) is 8.81. The smallest absolute Gasteiger partial charge is 0.194 e. The van der Waals surface area contributed by atoms with Crippen LogP contribution in [-0.4, -0.2) is 69.3 Å². The summed E-state index contributed by atoms with van der Waals surface area (Å²) in [6, 6.07) is 0.696. The molecule has 3 rings (SSSR count). The number of likely N-dealkylation sites (tertiary alicyclic amines) is 2. The normalized spacial score (nSPS) is 22.4. The maximum absolute atomic E-state index is 4.75. The molecule has 1 unspecified atom stereocenters. The van der Waals surface area contributed by atoms with Crippen molar-refractivity contribution in [3.05, 3.63) is 12.2 Å². The van der Waals surface area contributed by atoms with Gasteiger partial charge >= 0.3 is 0 Å². The zero-order valence-corrected chi connectivity index (χ0v) is 16.4. The predicted molar refractivity (Wildman–Crippen MR) is 102 cm³/mol. The molecule has 1 aromatic rings. The number of aryl methyl sites for hydroxylation is 1. The highest BCUT2D eigenvalue weighted by molar-refractivity contribution is 14.0. The first-order chi connectivity index (χ1) is 10.8. The molecule has 0 amide bonds. The Morgan fingerprint density at radius 1 is 1.35 bits per heavy atom. The van der Waals surface area contributed by atoms with Gasteiger partial charge in [-0.05, 0) is 39.3 Å². The molecule has 0 aromatic carbocycles. The second-order valence-electron chi connectivity index (χ2n) is 6.10. The number of aliphatic imine (C=N–C) groups is 1. The van der Waals surface area contributed by atoms with E-state index in [0.717, 1.165) is 31.4 Å². The minimum absolute atomic E-state index is 0. The van der Waals surface area contributed by atoms with Gasteiger partial charge in [0.05, 0.1) is 0 Å². The second-order valence-corrected chi connectivity index (χ2v) is 6.10. The van der Waals surface area contributed by atoms with Crippen molar-refractivity contribution in [2.75, 3.05) is 32.7 Å². The van der Waals surface area contributed by atoms with Crippen LogP contribution in [0.5, 0.6) is 0 Å². The molecule has 2 saturated heterocycles. The van der Waals surface area contributed by atoms with Crippen molar-refractivity contribution in [2.45, 2.75) is 38.8 Å². The SMILES string of the molecule is CCNC(=NCc1ncnn1C)N1CCC(N2CCCC2)C1.I. The van der Waals surface area contributed by atoms with E-state index in [4.69, 9.17) is 4.99 Å². The minimum Gasteiger partial charge on any atom is -0.357 e. The highest BCUT2D eigenvalue weighted by Gasteiger charge is 2.30. The molecule has 2 fully saturated rings. The quantitative estimate of drug-likeness (QED) is 0.438. The highest BCUT2D eigenvalue weighted by atomic mass is 127. The monoisotopic (exact) mass is 433 g/mol. The third kappa shape index (κ3) is 4.56. The van der Waals surface area contributed by atoms with Gasteiger partial charge in [-0.25, -0.2) is 9.98 Å². The standard InChI is InChI=1S/C15H27N7.HI/c1-3-16-15(17-10-14-18-12-19-20(14)2)22-9-6-13(11-22)21-7-4-5-8-21;/h12-13H,3-11H2,1-2H3,(H,16,17);1H. The summed E-state index contributed by atoms with van der Waals surface area (Å²) in [6.45, 7) is 8.30. The molecule has 8 heteroatoms. The molecule has 0 aliphatic carbocycles. The Bertz CT molecular complexity index is 510. The molecule has 1 aromatic heterocycles.